The molecule has 1 aromatic heterocycles. The molecule has 2 aromatic rings. The molecule has 0 radical (unpaired) electrons. The summed E-state index contributed by atoms with van der Waals surface area (Å²) in [5, 5.41) is 7.19. The number of amides is 1. The van der Waals surface area contributed by atoms with Crippen LogP contribution < -0.4 is 10.6 Å². The van der Waals surface area contributed by atoms with Crippen molar-refractivity contribution >= 4 is 34.9 Å². The maximum absolute atomic E-state index is 11.7. The first-order chi connectivity index (χ1) is 8.81. The van der Waals surface area contributed by atoms with Gasteiger partial charge in [0.05, 0.1) is 6.54 Å². The SMILES string of the molecule is Cl.O=C(CNCC1CC1)Nc1ccc2[nH]ccc2c1. The van der Waals surface area contributed by atoms with Crippen molar-refractivity contribution in [3.63, 3.8) is 0 Å². The molecule has 0 saturated heterocycles. The van der Waals surface area contributed by atoms with Crippen LogP contribution >= 0.6 is 12.4 Å². The van der Waals surface area contributed by atoms with E-state index in [1.54, 1.807) is 0 Å². The fourth-order valence-electron chi connectivity index (χ4n) is 2.05. The average Bonchev–Trinajstić information content (AvgIpc) is 3.06. The van der Waals surface area contributed by atoms with Crippen LogP contribution in [0.1, 0.15) is 12.8 Å². The molecule has 4 nitrogen and oxygen atoms in total. The number of halogens is 1. The first kappa shape index (κ1) is 13.9. The molecule has 0 spiro atoms. The maximum Gasteiger partial charge on any atom is 0.238 e. The molecule has 102 valence electrons. The fourth-order valence-corrected chi connectivity index (χ4v) is 2.05. The molecule has 0 atom stereocenters. The molecule has 0 bridgehead atoms. The zero-order valence-electron chi connectivity index (χ0n) is 10.6. The topological polar surface area (TPSA) is 56.9 Å². The second-order valence-corrected chi connectivity index (χ2v) is 4.90. The Kier molecular flexibility index (Phi) is 4.45. The molecule has 0 unspecified atom stereocenters. The Balaban J connectivity index is 0.00000133. The smallest absolute Gasteiger partial charge is 0.238 e. The zero-order chi connectivity index (χ0) is 12.4. The summed E-state index contributed by atoms with van der Waals surface area (Å²) in [6.45, 7) is 1.35. The van der Waals surface area contributed by atoms with Crippen molar-refractivity contribution in [3.05, 3.63) is 30.5 Å². The lowest BCUT2D eigenvalue weighted by molar-refractivity contribution is -0.115. The molecule has 3 rings (SSSR count). The second-order valence-electron chi connectivity index (χ2n) is 4.90. The number of carbonyl (C=O) groups is 1. The fraction of sp³-hybridized carbons (Fsp3) is 0.357. The first-order valence-corrected chi connectivity index (χ1v) is 6.39. The molecule has 1 fully saturated rings. The van der Waals surface area contributed by atoms with Crippen LogP contribution in [0.2, 0.25) is 0 Å². The number of nitrogens with one attached hydrogen (secondary N) is 3. The number of anilines is 1. The lowest BCUT2D eigenvalue weighted by atomic mass is 10.2. The second kappa shape index (κ2) is 6.08. The van der Waals surface area contributed by atoms with Crippen LogP contribution in [-0.2, 0) is 4.79 Å². The van der Waals surface area contributed by atoms with Gasteiger partial charge >= 0.3 is 0 Å². The number of fused-ring (bicyclic) bond motifs is 1. The van der Waals surface area contributed by atoms with Crippen LogP contribution in [0.15, 0.2) is 30.5 Å². The number of rotatable bonds is 5. The molecule has 1 amide bonds. The third kappa shape index (κ3) is 3.72. The third-order valence-corrected chi connectivity index (χ3v) is 3.25. The summed E-state index contributed by atoms with van der Waals surface area (Å²) in [6.07, 6.45) is 4.50. The van der Waals surface area contributed by atoms with Crippen molar-refractivity contribution < 1.29 is 4.79 Å². The van der Waals surface area contributed by atoms with Gasteiger partial charge in [-0.25, -0.2) is 0 Å². The molecule has 1 heterocycles. The Morgan fingerprint density at radius 3 is 2.95 bits per heavy atom. The lowest BCUT2D eigenvalue weighted by Gasteiger charge is -2.06. The molecular weight excluding hydrogens is 262 g/mol. The van der Waals surface area contributed by atoms with Crippen LogP contribution in [0.4, 0.5) is 5.69 Å². The summed E-state index contributed by atoms with van der Waals surface area (Å²) in [5.74, 6) is 0.819. The van der Waals surface area contributed by atoms with Crippen molar-refractivity contribution in [3.8, 4) is 0 Å². The monoisotopic (exact) mass is 279 g/mol. The molecule has 19 heavy (non-hydrogen) atoms. The van der Waals surface area contributed by atoms with E-state index < -0.39 is 0 Å². The van der Waals surface area contributed by atoms with E-state index in [0.717, 1.165) is 29.1 Å². The Labute approximate surface area is 118 Å². The quantitative estimate of drug-likeness (QED) is 0.788. The number of hydrogen-bond acceptors (Lipinski definition) is 2. The molecule has 5 heteroatoms. The number of H-pyrrole nitrogens is 1. The predicted molar refractivity (Wildman–Crippen MR) is 79.8 cm³/mol. The molecular formula is C14H18ClN3O. The first-order valence-electron chi connectivity index (χ1n) is 6.39. The summed E-state index contributed by atoms with van der Waals surface area (Å²) >= 11 is 0. The van der Waals surface area contributed by atoms with Gasteiger partial charge < -0.3 is 15.6 Å². The van der Waals surface area contributed by atoms with Crippen molar-refractivity contribution in [2.75, 3.05) is 18.4 Å². The molecule has 0 aliphatic heterocycles. The van der Waals surface area contributed by atoms with Gasteiger partial charge in [0.2, 0.25) is 5.91 Å². The molecule has 1 aliphatic carbocycles. The Hall–Kier alpha value is -1.52. The predicted octanol–water partition coefficient (Wildman–Crippen LogP) is 2.53. The Morgan fingerprint density at radius 1 is 1.32 bits per heavy atom. The zero-order valence-corrected chi connectivity index (χ0v) is 11.4. The highest BCUT2D eigenvalue weighted by Crippen LogP contribution is 2.27. The van der Waals surface area contributed by atoms with Crippen molar-refractivity contribution in [2.45, 2.75) is 12.8 Å². The number of hydrogen-bond donors (Lipinski definition) is 3. The maximum atomic E-state index is 11.7. The number of carbonyl (C=O) groups excluding carboxylic acids is 1. The normalized spacial score (nSPS) is 14.1. The standard InChI is InChI=1S/C14H17N3O.ClH/c18-14(9-15-8-10-1-2-10)17-12-3-4-13-11(7-12)5-6-16-13;/h3-7,10,15-16H,1-2,8-9H2,(H,17,18);1H. The minimum absolute atomic E-state index is 0. The third-order valence-electron chi connectivity index (χ3n) is 3.25. The van der Waals surface area contributed by atoms with Gasteiger partial charge in [0.1, 0.15) is 0 Å². The van der Waals surface area contributed by atoms with E-state index in [9.17, 15) is 4.79 Å². The van der Waals surface area contributed by atoms with Gasteiger partial charge in [0.25, 0.3) is 0 Å². The van der Waals surface area contributed by atoms with Crippen LogP contribution in [-0.4, -0.2) is 24.0 Å². The van der Waals surface area contributed by atoms with E-state index in [1.165, 1.54) is 12.8 Å². The summed E-state index contributed by atoms with van der Waals surface area (Å²) in [5.41, 5.74) is 1.93. The van der Waals surface area contributed by atoms with Gasteiger partial charge in [-0.15, -0.1) is 12.4 Å². The summed E-state index contributed by atoms with van der Waals surface area (Å²) in [4.78, 5) is 14.8. The average molecular weight is 280 g/mol. The molecule has 1 aliphatic rings. The van der Waals surface area contributed by atoms with Crippen molar-refractivity contribution in [1.82, 2.24) is 10.3 Å². The van der Waals surface area contributed by atoms with Gasteiger partial charge in [0, 0.05) is 22.8 Å². The van der Waals surface area contributed by atoms with Crippen molar-refractivity contribution in [2.24, 2.45) is 5.92 Å². The van der Waals surface area contributed by atoms with Gasteiger partial charge in [-0.2, -0.15) is 0 Å². The highest BCUT2D eigenvalue weighted by Gasteiger charge is 2.20. The van der Waals surface area contributed by atoms with Crippen molar-refractivity contribution in [1.29, 1.82) is 0 Å². The van der Waals surface area contributed by atoms with Gasteiger partial charge in [0.15, 0.2) is 0 Å². The van der Waals surface area contributed by atoms with Gasteiger partial charge in [-0.3, -0.25) is 4.79 Å². The molecule has 1 aromatic carbocycles. The summed E-state index contributed by atoms with van der Waals surface area (Å²) in [7, 11) is 0. The highest BCUT2D eigenvalue weighted by atomic mass is 35.5. The number of aromatic amines is 1. The lowest BCUT2D eigenvalue weighted by Crippen LogP contribution is -2.29. The van der Waals surface area contributed by atoms with Gasteiger partial charge in [-0.05, 0) is 49.6 Å². The van der Waals surface area contributed by atoms with E-state index in [-0.39, 0.29) is 18.3 Å². The Morgan fingerprint density at radius 2 is 2.16 bits per heavy atom. The van der Waals surface area contributed by atoms with Gasteiger partial charge in [-0.1, -0.05) is 0 Å². The van der Waals surface area contributed by atoms with Crippen LogP contribution in [0.5, 0.6) is 0 Å². The minimum atomic E-state index is 0. The number of aromatic nitrogens is 1. The van der Waals surface area contributed by atoms with Crippen LogP contribution in [0.3, 0.4) is 0 Å². The van der Waals surface area contributed by atoms with E-state index in [4.69, 9.17) is 0 Å². The van der Waals surface area contributed by atoms with E-state index in [1.807, 2.05) is 30.5 Å². The summed E-state index contributed by atoms with van der Waals surface area (Å²) in [6, 6.07) is 7.86. The van der Waals surface area contributed by atoms with Crippen LogP contribution in [0.25, 0.3) is 10.9 Å². The van der Waals surface area contributed by atoms with E-state index in [2.05, 4.69) is 15.6 Å². The number of benzene rings is 1. The molecule has 1 saturated carbocycles. The van der Waals surface area contributed by atoms with E-state index >= 15 is 0 Å². The largest absolute Gasteiger partial charge is 0.361 e. The molecule has 3 N–H and O–H groups in total. The van der Waals surface area contributed by atoms with E-state index in [0.29, 0.717) is 6.54 Å². The highest BCUT2D eigenvalue weighted by molar-refractivity contribution is 5.94. The minimum Gasteiger partial charge on any atom is -0.361 e. The summed E-state index contributed by atoms with van der Waals surface area (Å²) < 4.78 is 0. The van der Waals surface area contributed by atoms with Crippen LogP contribution in [0, 0.1) is 5.92 Å². The Bertz CT molecular complexity index is 563.